The number of amides is 1. The standard InChI is InChI=1S/C15H14ClNO2/c16-12-4-1-3-11(9-12)15(6-7-15)10-17-14(18)13-5-2-8-19-13/h1-5,8-9H,6-7,10H2,(H,17,18). The van der Waals surface area contributed by atoms with Crippen LogP contribution in [-0.2, 0) is 5.41 Å². The van der Waals surface area contributed by atoms with Crippen LogP contribution in [-0.4, -0.2) is 12.5 Å². The molecule has 0 atom stereocenters. The molecule has 2 aromatic rings. The van der Waals surface area contributed by atoms with Crippen molar-refractivity contribution in [3.63, 3.8) is 0 Å². The maximum Gasteiger partial charge on any atom is 0.287 e. The van der Waals surface area contributed by atoms with Gasteiger partial charge in [0.05, 0.1) is 6.26 Å². The summed E-state index contributed by atoms with van der Waals surface area (Å²) in [4.78, 5) is 11.8. The van der Waals surface area contributed by atoms with Gasteiger partial charge in [0.25, 0.3) is 5.91 Å². The first kappa shape index (κ1) is 12.3. The van der Waals surface area contributed by atoms with Crippen LogP contribution in [0.25, 0.3) is 0 Å². The van der Waals surface area contributed by atoms with Gasteiger partial charge in [-0.15, -0.1) is 0 Å². The molecule has 19 heavy (non-hydrogen) atoms. The highest BCUT2D eigenvalue weighted by Crippen LogP contribution is 2.48. The molecule has 1 aromatic carbocycles. The van der Waals surface area contributed by atoms with Gasteiger partial charge in [-0.2, -0.15) is 0 Å². The number of hydrogen-bond donors (Lipinski definition) is 1. The molecule has 0 unspecified atom stereocenters. The van der Waals surface area contributed by atoms with Crippen molar-refractivity contribution >= 4 is 17.5 Å². The molecule has 1 saturated carbocycles. The van der Waals surface area contributed by atoms with Crippen molar-refractivity contribution in [3.05, 3.63) is 59.0 Å². The molecule has 4 heteroatoms. The second-order valence-corrected chi connectivity index (χ2v) is 5.39. The van der Waals surface area contributed by atoms with Crippen molar-refractivity contribution < 1.29 is 9.21 Å². The van der Waals surface area contributed by atoms with Crippen LogP contribution in [0.4, 0.5) is 0 Å². The fourth-order valence-corrected chi connectivity index (χ4v) is 2.47. The summed E-state index contributed by atoms with van der Waals surface area (Å²) in [6, 6.07) is 11.2. The van der Waals surface area contributed by atoms with E-state index < -0.39 is 0 Å². The Morgan fingerprint density at radius 2 is 2.16 bits per heavy atom. The summed E-state index contributed by atoms with van der Waals surface area (Å²) in [5.41, 5.74) is 1.24. The fourth-order valence-electron chi connectivity index (χ4n) is 2.28. The average Bonchev–Trinajstić information content (AvgIpc) is 3.00. The van der Waals surface area contributed by atoms with Crippen LogP contribution in [0.1, 0.15) is 29.0 Å². The summed E-state index contributed by atoms with van der Waals surface area (Å²) < 4.78 is 5.07. The zero-order valence-corrected chi connectivity index (χ0v) is 11.1. The lowest BCUT2D eigenvalue weighted by atomic mass is 9.96. The predicted molar refractivity (Wildman–Crippen MR) is 73.4 cm³/mol. The molecular weight excluding hydrogens is 262 g/mol. The summed E-state index contributed by atoms with van der Waals surface area (Å²) in [6.45, 7) is 0.618. The molecule has 0 radical (unpaired) electrons. The summed E-state index contributed by atoms with van der Waals surface area (Å²) in [5, 5.41) is 3.67. The van der Waals surface area contributed by atoms with E-state index in [0.29, 0.717) is 12.3 Å². The lowest BCUT2D eigenvalue weighted by molar-refractivity contribution is 0.0922. The number of halogens is 1. The first-order valence-corrected chi connectivity index (χ1v) is 6.65. The van der Waals surface area contributed by atoms with Gasteiger partial charge in [0.1, 0.15) is 0 Å². The fraction of sp³-hybridized carbons (Fsp3) is 0.267. The zero-order valence-electron chi connectivity index (χ0n) is 10.4. The molecule has 1 fully saturated rings. The van der Waals surface area contributed by atoms with Crippen LogP contribution in [0.5, 0.6) is 0 Å². The first-order chi connectivity index (χ1) is 9.20. The monoisotopic (exact) mass is 275 g/mol. The SMILES string of the molecule is O=C(NCC1(c2cccc(Cl)c2)CC1)c1ccco1. The Labute approximate surface area is 116 Å². The molecule has 0 spiro atoms. The average molecular weight is 276 g/mol. The number of benzene rings is 1. The Morgan fingerprint density at radius 1 is 1.32 bits per heavy atom. The number of rotatable bonds is 4. The third kappa shape index (κ3) is 2.51. The molecule has 98 valence electrons. The van der Waals surface area contributed by atoms with E-state index in [-0.39, 0.29) is 11.3 Å². The van der Waals surface area contributed by atoms with Crippen LogP contribution in [0.15, 0.2) is 47.1 Å². The van der Waals surface area contributed by atoms with Crippen LogP contribution < -0.4 is 5.32 Å². The highest BCUT2D eigenvalue weighted by atomic mass is 35.5. The van der Waals surface area contributed by atoms with E-state index in [2.05, 4.69) is 11.4 Å². The minimum Gasteiger partial charge on any atom is -0.459 e. The quantitative estimate of drug-likeness (QED) is 0.929. The van der Waals surface area contributed by atoms with Gasteiger partial charge in [-0.3, -0.25) is 4.79 Å². The minimum absolute atomic E-state index is 0.0488. The Morgan fingerprint density at radius 3 is 2.79 bits per heavy atom. The van der Waals surface area contributed by atoms with E-state index in [1.807, 2.05) is 18.2 Å². The van der Waals surface area contributed by atoms with Crippen molar-refractivity contribution in [2.45, 2.75) is 18.3 Å². The molecule has 0 aliphatic heterocycles. The molecule has 3 rings (SSSR count). The normalized spacial score (nSPS) is 16.1. The Kier molecular flexibility index (Phi) is 3.07. The summed E-state index contributed by atoms with van der Waals surface area (Å²) in [6.07, 6.45) is 3.65. The van der Waals surface area contributed by atoms with Crippen molar-refractivity contribution in [1.29, 1.82) is 0 Å². The molecule has 1 aliphatic rings. The van der Waals surface area contributed by atoms with Gasteiger partial charge in [0, 0.05) is 17.0 Å². The number of hydrogen-bond acceptors (Lipinski definition) is 2. The molecule has 0 bridgehead atoms. The van der Waals surface area contributed by atoms with E-state index in [1.54, 1.807) is 12.1 Å². The summed E-state index contributed by atoms with van der Waals surface area (Å²) in [5.74, 6) is 0.181. The van der Waals surface area contributed by atoms with Crippen molar-refractivity contribution in [2.24, 2.45) is 0 Å². The van der Waals surface area contributed by atoms with Crippen molar-refractivity contribution in [1.82, 2.24) is 5.32 Å². The third-order valence-electron chi connectivity index (χ3n) is 3.62. The van der Waals surface area contributed by atoms with Crippen LogP contribution in [0.2, 0.25) is 5.02 Å². The van der Waals surface area contributed by atoms with E-state index >= 15 is 0 Å². The van der Waals surface area contributed by atoms with E-state index in [0.717, 1.165) is 17.9 Å². The van der Waals surface area contributed by atoms with Gasteiger partial charge in [-0.05, 0) is 42.7 Å². The van der Waals surface area contributed by atoms with Gasteiger partial charge in [0.15, 0.2) is 5.76 Å². The van der Waals surface area contributed by atoms with Crippen LogP contribution in [0, 0.1) is 0 Å². The van der Waals surface area contributed by atoms with Crippen molar-refractivity contribution in [3.8, 4) is 0 Å². The molecule has 0 saturated heterocycles. The topological polar surface area (TPSA) is 42.2 Å². The summed E-state index contributed by atoms with van der Waals surface area (Å²) >= 11 is 6.02. The van der Waals surface area contributed by atoms with Gasteiger partial charge >= 0.3 is 0 Å². The number of carbonyl (C=O) groups excluding carboxylic acids is 1. The maximum atomic E-state index is 11.8. The van der Waals surface area contributed by atoms with Gasteiger partial charge in [-0.25, -0.2) is 0 Å². The molecule has 1 heterocycles. The molecule has 1 aliphatic carbocycles. The maximum absolute atomic E-state index is 11.8. The lowest BCUT2D eigenvalue weighted by Crippen LogP contribution is -2.32. The minimum atomic E-state index is -0.168. The second-order valence-electron chi connectivity index (χ2n) is 4.95. The Hall–Kier alpha value is -1.74. The first-order valence-electron chi connectivity index (χ1n) is 6.27. The second kappa shape index (κ2) is 4.74. The van der Waals surface area contributed by atoms with Crippen LogP contribution >= 0.6 is 11.6 Å². The Bertz CT molecular complexity index is 588. The Balaban J connectivity index is 1.68. The molecular formula is C15H14ClNO2. The van der Waals surface area contributed by atoms with Crippen LogP contribution in [0.3, 0.4) is 0 Å². The smallest absolute Gasteiger partial charge is 0.287 e. The van der Waals surface area contributed by atoms with Crippen molar-refractivity contribution in [2.75, 3.05) is 6.54 Å². The predicted octanol–water partition coefficient (Wildman–Crippen LogP) is 3.39. The number of carbonyl (C=O) groups is 1. The van der Waals surface area contributed by atoms with Gasteiger partial charge in [-0.1, -0.05) is 23.7 Å². The van der Waals surface area contributed by atoms with E-state index in [9.17, 15) is 4.79 Å². The highest BCUT2D eigenvalue weighted by molar-refractivity contribution is 6.30. The van der Waals surface area contributed by atoms with E-state index in [1.165, 1.54) is 11.8 Å². The lowest BCUT2D eigenvalue weighted by Gasteiger charge is -2.16. The molecule has 1 N–H and O–H groups in total. The zero-order chi connectivity index (χ0) is 13.3. The number of nitrogens with one attached hydrogen (secondary N) is 1. The van der Waals surface area contributed by atoms with Gasteiger partial charge < -0.3 is 9.73 Å². The largest absolute Gasteiger partial charge is 0.459 e. The highest BCUT2D eigenvalue weighted by Gasteiger charge is 2.44. The molecule has 1 aromatic heterocycles. The number of furan rings is 1. The van der Waals surface area contributed by atoms with E-state index in [4.69, 9.17) is 16.0 Å². The molecule has 3 nitrogen and oxygen atoms in total. The van der Waals surface area contributed by atoms with Gasteiger partial charge in [0.2, 0.25) is 0 Å². The third-order valence-corrected chi connectivity index (χ3v) is 3.86. The molecule has 1 amide bonds. The summed E-state index contributed by atoms with van der Waals surface area (Å²) in [7, 11) is 0.